The molecule has 2 aliphatic rings. The van der Waals surface area contributed by atoms with Crippen LogP contribution in [0.4, 0.5) is 10.6 Å². The van der Waals surface area contributed by atoms with Gasteiger partial charge in [0.05, 0.1) is 13.4 Å². The second kappa shape index (κ2) is 20.9. The first kappa shape index (κ1) is 45.8. The van der Waals surface area contributed by atoms with Crippen LogP contribution in [0.3, 0.4) is 0 Å². The van der Waals surface area contributed by atoms with Gasteiger partial charge in [0.25, 0.3) is 0 Å². The summed E-state index contributed by atoms with van der Waals surface area (Å²) in [4.78, 5) is 64.2. The molecule has 0 saturated carbocycles. The summed E-state index contributed by atoms with van der Waals surface area (Å²) in [6.45, 7) is 7.54. The van der Waals surface area contributed by atoms with Crippen LogP contribution in [-0.2, 0) is 46.5 Å². The molecule has 0 radical (unpaired) electrons. The van der Waals surface area contributed by atoms with Crippen LogP contribution >= 0.6 is 11.8 Å². The van der Waals surface area contributed by atoms with E-state index in [9.17, 15) is 19.2 Å². The number of primary amides is 1. The molecule has 4 aromatic rings. The molecule has 334 valence electrons. The average Bonchev–Trinajstić information content (AvgIpc) is 3.92. The van der Waals surface area contributed by atoms with Gasteiger partial charge < -0.3 is 55.4 Å². The minimum absolute atomic E-state index is 0.0346. The van der Waals surface area contributed by atoms with Gasteiger partial charge in [-0.25, -0.2) is 19.7 Å². The number of fused-ring (bicyclic) bond motifs is 2. The number of methoxy groups -OCH3 is 1. The molecule has 2 aromatic heterocycles. The monoisotopic (exact) mass is 877 g/mol. The Hall–Kier alpha value is -5.70. The number of aromatic nitrogens is 4. The molecule has 2 saturated heterocycles. The van der Waals surface area contributed by atoms with E-state index in [2.05, 4.69) is 36.2 Å². The van der Waals surface area contributed by atoms with E-state index >= 15 is 0 Å². The number of nitrogens with one attached hydrogen (secondary N) is 4. The predicted octanol–water partition coefficient (Wildman–Crippen LogP) is 3.42. The normalized spacial score (nSPS) is 19.9. The Balaban J connectivity index is 1.02. The van der Waals surface area contributed by atoms with E-state index in [1.807, 2.05) is 68.6 Å². The zero-order valence-corrected chi connectivity index (χ0v) is 36.4. The van der Waals surface area contributed by atoms with E-state index in [0.717, 1.165) is 22.6 Å². The Morgan fingerprint density at radius 1 is 0.935 bits per heavy atom. The van der Waals surface area contributed by atoms with Gasteiger partial charge in [-0.3, -0.25) is 19.0 Å². The third-order valence-corrected chi connectivity index (χ3v) is 10.8. The lowest BCUT2D eigenvalue weighted by molar-refractivity contribution is -0.199. The molecule has 2 aliphatic heterocycles. The zero-order chi connectivity index (χ0) is 44.4. The van der Waals surface area contributed by atoms with Crippen molar-refractivity contribution in [2.75, 3.05) is 37.6 Å². The van der Waals surface area contributed by atoms with Gasteiger partial charge in [-0.1, -0.05) is 38.1 Å². The van der Waals surface area contributed by atoms with Gasteiger partial charge in [-0.2, -0.15) is 11.8 Å². The van der Waals surface area contributed by atoms with Crippen molar-refractivity contribution in [3.8, 4) is 11.5 Å². The first-order valence-corrected chi connectivity index (χ1v) is 21.7. The lowest BCUT2D eigenvalue weighted by Gasteiger charge is -2.24. The number of rotatable bonds is 21. The molecule has 4 amide bonds. The highest BCUT2D eigenvalue weighted by molar-refractivity contribution is 7.98. The van der Waals surface area contributed by atoms with E-state index < -0.39 is 72.8 Å². The maximum atomic E-state index is 13.1. The minimum atomic E-state index is -0.963. The number of thioether (sulfide) groups is 1. The van der Waals surface area contributed by atoms with Gasteiger partial charge >= 0.3 is 6.09 Å². The van der Waals surface area contributed by atoms with Crippen molar-refractivity contribution in [2.24, 2.45) is 11.7 Å². The van der Waals surface area contributed by atoms with Crippen LogP contribution in [0.25, 0.3) is 11.2 Å². The smallest absolute Gasteiger partial charge is 0.407 e. The van der Waals surface area contributed by atoms with E-state index in [-0.39, 0.29) is 12.5 Å². The quantitative estimate of drug-likeness (QED) is 0.0806. The van der Waals surface area contributed by atoms with Gasteiger partial charge in [0.15, 0.2) is 29.0 Å². The van der Waals surface area contributed by atoms with Crippen LogP contribution in [0.15, 0.2) is 61.2 Å². The summed E-state index contributed by atoms with van der Waals surface area (Å²) in [7, 11) is 1.63. The topological polar surface area (TPSA) is 241 Å². The molecule has 0 aliphatic carbocycles. The Morgan fingerprint density at radius 2 is 1.65 bits per heavy atom. The number of hydrogen-bond donors (Lipinski definition) is 5. The van der Waals surface area contributed by atoms with Gasteiger partial charge in [0.1, 0.15) is 68.0 Å². The molecule has 4 heterocycles. The second-order valence-electron chi connectivity index (χ2n) is 15.8. The van der Waals surface area contributed by atoms with E-state index in [1.165, 1.54) is 18.1 Å². The predicted molar refractivity (Wildman–Crippen MR) is 229 cm³/mol. The fourth-order valence-electron chi connectivity index (χ4n) is 7.07. The molecule has 0 bridgehead atoms. The molecule has 2 fully saturated rings. The van der Waals surface area contributed by atoms with Gasteiger partial charge in [0.2, 0.25) is 17.7 Å². The van der Waals surface area contributed by atoms with Crippen molar-refractivity contribution in [2.45, 2.75) is 96.1 Å². The first-order valence-electron chi connectivity index (χ1n) is 20.3. The Bertz CT molecular complexity index is 2150. The van der Waals surface area contributed by atoms with Crippen molar-refractivity contribution in [1.29, 1.82) is 0 Å². The highest BCUT2D eigenvalue weighted by atomic mass is 32.2. The number of carbonyl (C=O) groups is 4. The number of imidazole rings is 1. The molecule has 19 nitrogen and oxygen atoms in total. The molecular weight excluding hydrogens is 823 g/mol. The van der Waals surface area contributed by atoms with Crippen LogP contribution in [0, 0.1) is 5.92 Å². The van der Waals surface area contributed by atoms with E-state index in [1.54, 1.807) is 31.9 Å². The second-order valence-corrected chi connectivity index (χ2v) is 16.7. The van der Waals surface area contributed by atoms with Crippen molar-refractivity contribution in [3.05, 3.63) is 72.3 Å². The van der Waals surface area contributed by atoms with Crippen LogP contribution in [0.5, 0.6) is 11.5 Å². The number of amides is 4. The standard InChI is InChI=1S/C42H55N9O10S/c1-24(2)17-30(39(54)50-29(36(43)53)15-16-62-6)49-32(52)19-45-41(55)58-21-31-34-35(61-42(3,4)60-34)40(59-31)51-23-48-33-37(46-22-47-38(33)51)44-18-25-7-13-28(14-8-25)57-20-26-9-11-27(56-5)12-10-26/h7-14,22-24,29-31,34-35,40H,15-21H2,1-6H3,(H2,43,53)(H,45,55)(H,49,52)(H,50,54)(H,44,46,47)/t29-,30-,31?,34?,35?,40?/m0/s1. The summed E-state index contributed by atoms with van der Waals surface area (Å²) in [5.74, 6) is -0.0896. The highest BCUT2D eigenvalue weighted by Crippen LogP contribution is 2.44. The SMILES string of the molecule is COc1ccc(COc2ccc(CNc3ncnc4c3ncn4C3OC(COC(=O)NCC(=O)N[C@@H](CC(C)C)C(=O)N[C@@H](CCSC)C(N)=O)C4OC(C)(C)OC43)cc2)cc1. The maximum Gasteiger partial charge on any atom is 0.407 e. The number of nitrogens with zero attached hydrogens (tertiary/aromatic N) is 4. The fourth-order valence-corrected chi connectivity index (χ4v) is 7.54. The van der Waals surface area contributed by atoms with E-state index in [0.29, 0.717) is 48.7 Å². The summed E-state index contributed by atoms with van der Waals surface area (Å²) >= 11 is 1.52. The van der Waals surface area contributed by atoms with Crippen LogP contribution in [0.2, 0.25) is 0 Å². The third-order valence-electron chi connectivity index (χ3n) is 10.1. The summed E-state index contributed by atoms with van der Waals surface area (Å²) in [6, 6.07) is 13.7. The highest BCUT2D eigenvalue weighted by Gasteiger charge is 2.56. The first-order chi connectivity index (χ1) is 29.7. The van der Waals surface area contributed by atoms with Gasteiger partial charge in [0, 0.05) is 6.54 Å². The van der Waals surface area contributed by atoms with Crippen molar-refractivity contribution < 1.29 is 47.6 Å². The molecule has 6 rings (SSSR count). The lowest BCUT2D eigenvalue weighted by Crippen LogP contribution is -2.54. The summed E-state index contributed by atoms with van der Waals surface area (Å²) in [5, 5.41) is 11.1. The maximum absolute atomic E-state index is 13.1. The van der Waals surface area contributed by atoms with Crippen LogP contribution in [0.1, 0.15) is 57.9 Å². The number of nitrogens with two attached hydrogens (primary N) is 1. The van der Waals surface area contributed by atoms with Crippen LogP contribution < -0.4 is 36.5 Å². The largest absolute Gasteiger partial charge is 0.497 e. The summed E-state index contributed by atoms with van der Waals surface area (Å²) in [6.07, 6.45) is 1.94. The average molecular weight is 878 g/mol. The zero-order valence-electron chi connectivity index (χ0n) is 35.6. The molecular formula is C42H55N9O10S. The summed E-state index contributed by atoms with van der Waals surface area (Å²) in [5.41, 5.74) is 8.51. The van der Waals surface area contributed by atoms with Crippen molar-refractivity contribution in [1.82, 2.24) is 35.5 Å². The number of anilines is 1. The van der Waals surface area contributed by atoms with Crippen LogP contribution in [-0.4, -0.2) is 112 Å². The fraction of sp³-hybridized carbons (Fsp3) is 0.500. The molecule has 0 spiro atoms. The lowest BCUT2D eigenvalue weighted by atomic mass is 10.0. The number of alkyl carbamates (subject to hydrolysis) is 1. The molecule has 20 heteroatoms. The number of hydrogen-bond acceptors (Lipinski definition) is 15. The van der Waals surface area contributed by atoms with E-state index in [4.69, 9.17) is 34.2 Å². The van der Waals surface area contributed by atoms with Gasteiger partial charge in [-0.05, 0) is 80.0 Å². The Morgan fingerprint density at radius 3 is 2.34 bits per heavy atom. The third kappa shape index (κ3) is 12.0. The Labute approximate surface area is 363 Å². The van der Waals surface area contributed by atoms with Crippen molar-refractivity contribution in [3.63, 3.8) is 0 Å². The number of carbonyl (C=O) groups excluding carboxylic acids is 4. The number of ether oxygens (including phenoxy) is 6. The Kier molecular flexibility index (Phi) is 15.5. The molecule has 62 heavy (non-hydrogen) atoms. The molecule has 6 atom stereocenters. The minimum Gasteiger partial charge on any atom is -0.497 e. The van der Waals surface area contributed by atoms with Gasteiger partial charge in [-0.15, -0.1) is 0 Å². The summed E-state index contributed by atoms with van der Waals surface area (Å²) < 4.78 is 37.3. The molecule has 4 unspecified atom stereocenters. The van der Waals surface area contributed by atoms with Crippen molar-refractivity contribution >= 4 is 52.6 Å². The molecule has 2 aromatic carbocycles. The molecule has 6 N–H and O–H groups in total. The number of benzene rings is 2.